The molecule has 16 heavy (non-hydrogen) atoms. The molecule has 0 heterocycles. The molecule has 3 nitrogen and oxygen atoms in total. The third kappa shape index (κ3) is 3.43. The number of hydrogen-bond donors (Lipinski definition) is 2. The highest BCUT2D eigenvalue weighted by molar-refractivity contribution is 5.38. The van der Waals surface area contributed by atoms with Gasteiger partial charge in [0.15, 0.2) is 0 Å². The van der Waals surface area contributed by atoms with Gasteiger partial charge in [0.25, 0.3) is 6.43 Å². The van der Waals surface area contributed by atoms with Gasteiger partial charge in [-0.05, 0) is 18.6 Å². The Labute approximate surface area is 93.4 Å². The van der Waals surface area contributed by atoms with Crippen molar-refractivity contribution in [2.24, 2.45) is 11.5 Å². The highest BCUT2D eigenvalue weighted by atomic mass is 19.3. The van der Waals surface area contributed by atoms with Crippen LogP contribution in [0.5, 0.6) is 5.75 Å². The minimum atomic E-state index is -2.50. The molecule has 90 valence electrons. The van der Waals surface area contributed by atoms with Crippen molar-refractivity contribution in [3.63, 3.8) is 0 Å². The number of rotatable bonds is 5. The fraction of sp³-hybridized carbons (Fsp3) is 0.455. The number of benzene rings is 1. The lowest BCUT2D eigenvalue weighted by Crippen LogP contribution is -2.11. The summed E-state index contributed by atoms with van der Waals surface area (Å²) in [5.74, 6) is 0.387. The van der Waals surface area contributed by atoms with E-state index < -0.39 is 13.0 Å². The van der Waals surface area contributed by atoms with Gasteiger partial charge < -0.3 is 16.2 Å². The first kappa shape index (κ1) is 12.9. The smallest absolute Gasteiger partial charge is 0.272 e. The Balaban J connectivity index is 2.88. The molecule has 1 unspecified atom stereocenters. The zero-order chi connectivity index (χ0) is 12.1. The quantitative estimate of drug-likeness (QED) is 0.811. The van der Waals surface area contributed by atoms with Crippen molar-refractivity contribution >= 4 is 0 Å². The predicted molar refractivity (Wildman–Crippen MR) is 58.4 cm³/mol. The summed E-state index contributed by atoms with van der Waals surface area (Å²) in [7, 11) is 0. The normalized spacial score (nSPS) is 12.9. The number of nitrogens with two attached hydrogens (primary N) is 2. The Morgan fingerprint density at radius 3 is 2.56 bits per heavy atom. The van der Waals surface area contributed by atoms with Gasteiger partial charge in [0.1, 0.15) is 12.4 Å². The van der Waals surface area contributed by atoms with Crippen LogP contribution in [0.4, 0.5) is 8.78 Å². The first-order chi connectivity index (χ1) is 7.54. The van der Waals surface area contributed by atoms with Crippen LogP contribution in [-0.2, 0) is 6.54 Å². The summed E-state index contributed by atoms with van der Waals surface area (Å²) in [4.78, 5) is 0. The Morgan fingerprint density at radius 2 is 2.06 bits per heavy atom. The summed E-state index contributed by atoms with van der Waals surface area (Å²) >= 11 is 0. The average molecular weight is 230 g/mol. The van der Waals surface area contributed by atoms with Crippen molar-refractivity contribution in [3.8, 4) is 5.75 Å². The van der Waals surface area contributed by atoms with Gasteiger partial charge in [-0.25, -0.2) is 8.78 Å². The highest BCUT2D eigenvalue weighted by Crippen LogP contribution is 2.23. The lowest BCUT2D eigenvalue weighted by atomic mass is 10.1. The van der Waals surface area contributed by atoms with Crippen LogP contribution in [0, 0.1) is 0 Å². The third-order valence-electron chi connectivity index (χ3n) is 2.20. The number of alkyl halides is 2. The standard InChI is InChI=1S/C11H16F2N2O/c1-7(15)8-2-3-9(5-14)10(4-8)16-6-11(12)13/h2-4,7,11H,5-6,14-15H2,1H3. The molecular weight excluding hydrogens is 214 g/mol. The van der Waals surface area contributed by atoms with E-state index in [4.69, 9.17) is 16.2 Å². The summed E-state index contributed by atoms with van der Waals surface area (Å²) < 4.78 is 29.1. The predicted octanol–water partition coefficient (Wildman–Crippen LogP) is 1.81. The van der Waals surface area contributed by atoms with Crippen LogP contribution in [0.2, 0.25) is 0 Å². The molecule has 0 amide bonds. The maximum atomic E-state index is 12.0. The molecule has 1 aromatic rings. The molecule has 0 aromatic heterocycles. The van der Waals surface area contributed by atoms with Crippen LogP contribution in [0.15, 0.2) is 18.2 Å². The molecule has 4 N–H and O–H groups in total. The van der Waals surface area contributed by atoms with Crippen LogP contribution in [-0.4, -0.2) is 13.0 Å². The molecule has 0 aliphatic carbocycles. The molecule has 1 atom stereocenters. The minimum absolute atomic E-state index is 0.166. The van der Waals surface area contributed by atoms with Crippen molar-refractivity contribution < 1.29 is 13.5 Å². The van der Waals surface area contributed by atoms with Crippen LogP contribution in [0.25, 0.3) is 0 Å². The van der Waals surface area contributed by atoms with Gasteiger partial charge in [0, 0.05) is 18.2 Å². The minimum Gasteiger partial charge on any atom is -0.487 e. The first-order valence-corrected chi connectivity index (χ1v) is 5.04. The van der Waals surface area contributed by atoms with E-state index >= 15 is 0 Å². The molecule has 0 fully saturated rings. The summed E-state index contributed by atoms with van der Waals surface area (Å²) in [6.07, 6.45) is -2.50. The molecule has 1 aromatic carbocycles. The second kappa shape index (κ2) is 5.77. The summed E-state index contributed by atoms with van der Waals surface area (Å²) in [5.41, 5.74) is 12.7. The van der Waals surface area contributed by atoms with E-state index in [-0.39, 0.29) is 12.6 Å². The van der Waals surface area contributed by atoms with Crippen LogP contribution in [0.1, 0.15) is 24.1 Å². The summed E-state index contributed by atoms with van der Waals surface area (Å²) in [6.45, 7) is 1.43. The van der Waals surface area contributed by atoms with E-state index in [1.807, 2.05) is 13.0 Å². The van der Waals surface area contributed by atoms with E-state index in [0.29, 0.717) is 11.3 Å². The second-order valence-corrected chi connectivity index (χ2v) is 3.56. The Hall–Kier alpha value is -1.20. The van der Waals surface area contributed by atoms with Gasteiger partial charge in [-0.1, -0.05) is 12.1 Å². The molecule has 0 bridgehead atoms. The fourth-order valence-electron chi connectivity index (χ4n) is 1.31. The van der Waals surface area contributed by atoms with Crippen molar-refractivity contribution in [3.05, 3.63) is 29.3 Å². The van der Waals surface area contributed by atoms with E-state index in [0.717, 1.165) is 5.56 Å². The number of halogens is 2. The molecule has 0 saturated heterocycles. The van der Waals surface area contributed by atoms with E-state index in [1.165, 1.54) is 0 Å². The van der Waals surface area contributed by atoms with E-state index in [9.17, 15) is 8.78 Å². The molecule has 0 radical (unpaired) electrons. The summed E-state index contributed by atoms with van der Waals surface area (Å²) in [6, 6.07) is 5.07. The molecule has 1 rings (SSSR count). The Bertz CT molecular complexity index is 343. The molecular formula is C11H16F2N2O. The van der Waals surface area contributed by atoms with Gasteiger partial charge >= 0.3 is 0 Å². The summed E-state index contributed by atoms with van der Waals surface area (Å²) in [5, 5.41) is 0. The SMILES string of the molecule is CC(N)c1ccc(CN)c(OCC(F)F)c1. The van der Waals surface area contributed by atoms with Gasteiger partial charge in [-0.15, -0.1) is 0 Å². The lowest BCUT2D eigenvalue weighted by molar-refractivity contribution is 0.0814. The van der Waals surface area contributed by atoms with E-state index in [2.05, 4.69) is 0 Å². The number of ether oxygens (including phenoxy) is 1. The molecule has 5 heteroatoms. The third-order valence-corrected chi connectivity index (χ3v) is 2.20. The van der Waals surface area contributed by atoms with E-state index in [1.54, 1.807) is 12.1 Å². The van der Waals surface area contributed by atoms with Crippen molar-refractivity contribution in [2.75, 3.05) is 6.61 Å². The lowest BCUT2D eigenvalue weighted by Gasteiger charge is -2.13. The highest BCUT2D eigenvalue weighted by Gasteiger charge is 2.09. The molecule has 0 spiro atoms. The number of hydrogen-bond acceptors (Lipinski definition) is 3. The molecule has 0 saturated carbocycles. The van der Waals surface area contributed by atoms with Gasteiger partial charge in [0.2, 0.25) is 0 Å². The van der Waals surface area contributed by atoms with Crippen molar-refractivity contribution in [1.82, 2.24) is 0 Å². The van der Waals surface area contributed by atoms with Crippen LogP contribution in [0.3, 0.4) is 0 Å². The molecule has 0 aliphatic heterocycles. The maximum absolute atomic E-state index is 12.0. The maximum Gasteiger partial charge on any atom is 0.272 e. The largest absolute Gasteiger partial charge is 0.487 e. The fourth-order valence-corrected chi connectivity index (χ4v) is 1.31. The molecule has 0 aliphatic rings. The van der Waals surface area contributed by atoms with Gasteiger partial charge in [-0.3, -0.25) is 0 Å². The van der Waals surface area contributed by atoms with Crippen LogP contribution < -0.4 is 16.2 Å². The van der Waals surface area contributed by atoms with Gasteiger partial charge in [0.05, 0.1) is 0 Å². The van der Waals surface area contributed by atoms with Crippen molar-refractivity contribution in [1.29, 1.82) is 0 Å². The van der Waals surface area contributed by atoms with Crippen molar-refractivity contribution in [2.45, 2.75) is 25.9 Å². The first-order valence-electron chi connectivity index (χ1n) is 5.04. The second-order valence-electron chi connectivity index (χ2n) is 3.56. The Kier molecular flexibility index (Phi) is 4.64. The zero-order valence-electron chi connectivity index (χ0n) is 9.12. The van der Waals surface area contributed by atoms with Gasteiger partial charge in [-0.2, -0.15) is 0 Å². The monoisotopic (exact) mass is 230 g/mol. The topological polar surface area (TPSA) is 61.3 Å². The zero-order valence-corrected chi connectivity index (χ0v) is 9.12. The van der Waals surface area contributed by atoms with Crippen LogP contribution >= 0.6 is 0 Å². The average Bonchev–Trinajstić information content (AvgIpc) is 2.25. The Morgan fingerprint density at radius 1 is 1.38 bits per heavy atom.